The molecule has 0 spiro atoms. The van der Waals surface area contributed by atoms with E-state index in [4.69, 9.17) is 0 Å². The zero-order valence-electron chi connectivity index (χ0n) is 18.5. The van der Waals surface area contributed by atoms with Crippen LogP contribution in [0.3, 0.4) is 0 Å². The molecule has 0 saturated carbocycles. The van der Waals surface area contributed by atoms with Crippen molar-refractivity contribution >= 4 is 39.8 Å². The van der Waals surface area contributed by atoms with Crippen LogP contribution >= 0.6 is 27.7 Å². The first kappa shape index (κ1) is 25.3. The number of halogens is 3. The second-order valence-electron chi connectivity index (χ2n) is 8.81. The van der Waals surface area contributed by atoms with Crippen LogP contribution in [0.5, 0.6) is 0 Å². The first-order valence-corrected chi connectivity index (χ1v) is 15.3. The Morgan fingerprint density at radius 2 is 1.34 bits per heavy atom. The summed E-state index contributed by atoms with van der Waals surface area (Å²) in [5, 5.41) is 0. The third-order valence-corrected chi connectivity index (χ3v) is 12.1. The smallest absolute Gasteiger partial charge is 1.00 e. The summed E-state index contributed by atoms with van der Waals surface area (Å²) in [6.45, 7) is 0. The van der Waals surface area contributed by atoms with E-state index in [0.717, 1.165) is 0 Å². The summed E-state index contributed by atoms with van der Waals surface area (Å²) in [5.74, 6) is 0.766. The fourth-order valence-electron chi connectivity index (χ4n) is 5.44. The number of allylic oxidation sites excluding steroid dienone is 2. The standard InChI is InChI=1S/C15H10Br.C15H9S.2ClH.Zr/c16-14-8-4-7-12-9-10-13(15(12)14)11-5-2-1-3-6-11;1-2-10-8-12(3-1)16-13-5-7-15-11(9-13)4-6-14(10)15;;;/h1-9,13H;1-5,7-9,14H;2*1H;/q;;;;+2/p-2. The zero-order valence-corrected chi connectivity index (χ0v) is 24.9. The molecule has 4 aromatic rings. The van der Waals surface area contributed by atoms with Crippen molar-refractivity contribution in [3.8, 4) is 0 Å². The number of rotatable bonds is 3. The average Bonchev–Trinajstić information content (AvgIpc) is 3.39. The van der Waals surface area contributed by atoms with Gasteiger partial charge in [-0.25, -0.2) is 0 Å². The van der Waals surface area contributed by atoms with Crippen molar-refractivity contribution in [3.63, 3.8) is 0 Å². The molecule has 2 aliphatic heterocycles. The van der Waals surface area contributed by atoms with Crippen molar-refractivity contribution < 1.29 is 48.0 Å². The Labute approximate surface area is 242 Å². The predicted octanol–water partition coefficient (Wildman–Crippen LogP) is 2.68. The van der Waals surface area contributed by atoms with Crippen molar-refractivity contribution in [2.45, 2.75) is 21.6 Å². The minimum absolute atomic E-state index is 0. The molecule has 6 bridgehead atoms. The summed E-state index contributed by atoms with van der Waals surface area (Å²) in [6.07, 6.45) is 5.05. The molecule has 170 valence electrons. The summed E-state index contributed by atoms with van der Waals surface area (Å²) < 4.78 is 4.55. The van der Waals surface area contributed by atoms with Gasteiger partial charge in [0.2, 0.25) is 0 Å². The van der Waals surface area contributed by atoms with Crippen molar-refractivity contribution in [2.75, 3.05) is 0 Å². The predicted molar refractivity (Wildman–Crippen MR) is 137 cm³/mol. The van der Waals surface area contributed by atoms with E-state index >= 15 is 0 Å². The van der Waals surface area contributed by atoms with Crippen LogP contribution < -0.4 is 24.8 Å². The quantitative estimate of drug-likeness (QED) is 0.328. The van der Waals surface area contributed by atoms with Crippen LogP contribution in [-0.4, -0.2) is 0 Å². The number of hydrogen-bond donors (Lipinski definition) is 0. The molecule has 0 radical (unpaired) electrons. The van der Waals surface area contributed by atoms with E-state index in [-0.39, 0.29) is 24.8 Å². The van der Waals surface area contributed by atoms with Crippen LogP contribution in [0.15, 0.2) is 112 Å². The van der Waals surface area contributed by atoms with Crippen molar-refractivity contribution in [3.05, 3.63) is 135 Å². The Hall–Kier alpha value is -1.35. The molecule has 0 nitrogen and oxygen atoms in total. The number of hydrogen-bond acceptors (Lipinski definition) is 1. The maximum Gasteiger partial charge on any atom is -1.00 e. The van der Waals surface area contributed by atoms with E-state index < -0.39 is 23.2 Å². The van der Waals surface area contributed by atoms with Crippen molar-refractivity contribution in [1.29, 1.82) is 0 Å². The molecule has 0 saturated heterocycles. The minimum Gasteiger partial charge on any atom is -1.00 e. The second-order valence-corrected chi connectivity index (χ2v) is 14.3. The zero-order chi connectivity index (χ0) is 21.9. The normalized spacial score (nSPS) is 18.1. The van der Waals surface area contributed by atoms with Crippen LogP contribution in [0.1, 0.15) is 45.2 Å². The first-order chi connectivity index (χ1) is 16.2. The molecule has 0 aromatic heterocycles. The molecule has 2 unspecified atom stereocenters. The van der Waals surface area contributed by atoms with Crippen molar-refractivity contribution in [1.82, 2.24) is 0 Å². The van der Waals surface area contributed by atoms with Crippen molar-refractivity contribution in [2.24, 2.45) is 0 Å². The van der Waals surface area contributed by atoms with Gasteiger partial charge in [0.25, 0.3) is 0 Å². The maximum absolute atomic E-state index is 3.88. The van der Waals surface area contributed by atoms with Gasteiger partial charge in [-0.1, -0.05) is 0 Å². The van der Waals surface area contributed by atoms with Gasteiger partial charge < -0.3 is 24.8 Å². The summed E-state index contributed by atoms with van der Waals surface area (Å²) in [5.41, 5.74) is 8.59. The third kappa shape index (κ3) is 4.38. The van der Waals surface area contributed by atoms with Crippen LogP contribution in [-0.2, 0) is 23.2 Å². The van der Waals surface area contributed by atoms with Gasteiger partial charge in [0, 0.05) is 0 Å². The Bertz CT molecular complexity index is 1500. The fourth-order valence-corrected chi connectivity index (χ4v) is 11.2. The van der Waals surface area contributed by atoms with Crippen LogP contribution in [0.2, 0.25) is 0 Å². The fraction of sp³-hybridized carbons (Fsp3) is 0.0667. The van der Waals surface area contributed by atoms with Crippen LogP contribution in [0.25, 0.3) is 12.2 Å². The Morgan fingerprint density at radius 1 is 0.629 bits per heavy atom. The van der Waals surface area contributed by atoms with Gasteiger partial charge in [0.15, 0.2) is 0 Å². The van der Waals surface area contributed by atoms with Gasteiger partial charge in [0.1, 0.15) is 0 Å². The molecule has 35 heavy (non-hydrogen) atoms. The van der Waals surface area contributed by atoms with E-state index in [1.807, 2.05) is 11.8 Å². The third-order valence-electron chi connectivity index (χ3n) is 6.84. The van der Waals surface area contributed by atoms with E-state index in [0.29, 0.717) is 11.8 Å². The SMILES string of the molecule is Brc1cccc2c1C(c1ccccc1)[C]([Zr+2][C]1=Cc3cc4ccc3C1c1cccc(c1)S4)=C2.[Cl-].[Cl-]. The molecule has 0 fully saturated rings. The van der Waals surface area contributed by atoms with Crippen LogP contribution in [0, 0.1) is 0 Å². The summed E-state index contributed by atoms with van der Waals surface area (Å²) in [7, 11) is 0. The largest absolute Gasteiger partial charge is 1.00 e. The summed E-state index contributed by atoms with van der Waals surface area (Å²) in [4.78, 5) is 2.69. The molecule has 0 N–H and O–H groups in total. The maximum atomic E-state index is 3.88. The van der Waals surface area contributed by atoms with E-state index in [2.05, 4.69) is 119 Å². The molecule has 2 heterocycles. The van der Waals surface area contributed by atoms with Gasteiger partial charge in [-0.3, -0.25) is 0 Å². The van der Waals surface area contributed by atoms with Gasteiger partial charge in [-0.15, -0.1) is 0 Å². The molecule has 2 atom stereocenters. The second kappa shape index (κ2) is 10.2. The van der Waals surface area contributed by atoms with Crippen LogP contribution in [0.4, 0.5) is 0 Å². The molecular formula is C30H19BrCl2SZr. The van der Waals surface area contributed by atoms with E-state index in [1.165, 1.54) is 47.6 Å². The van der Waals surface area contributed by atoms with Gasteiger partial charge >= 0.3 is 220 Å². The topological polar surface area (TPSA) is 0 Å². The minimum atomic E-state index is -1.03. The van der Waals surface area contributed by atoms with Gasteiger partial charge in [-0.05, 0) is 0 Å². The molecule has 4 aromatic carbocycles. The Kier molecular flexibility index (Phi) is 7.37. The molecule has 0 amide bonds. The molecule has 8 rings (SSSR count). The Morgan fingerprint density at radius 3 is 2.20 bits per heavy atom. The average molecular weight is 654 g/mol. The van der Waals surface area contributed by atoms with E-state index in [9.17, 15) is 0 Å². The first-order valence-electron chi connectivity index (χ1n) is 11.2. The van der Waals surface area contributed by atoms with Gasteiger partial charge in [0.05, 0.1) is 0 Å². The Balaban J connectivity index is 0.00000127. The molecule has 2 aliphatic carbocycles. The number of fused-ring (bicyclic) bond motifs is 2. The number of benzene rings is 4. The molecule has 4 aliphatic rings. The van der Waals surface area contributed by atoms with Gasteiger partial charge in [-0.2, -0.15) is 0 Å². The van der Waals surface area contributed by atoms with E-state index in [1.54, 1.807) is 6.56 Å². The molecular weight excluding hydrogens is 634 g/mol. The molecule has 5 heteroatoms. The summed E-state index contributed by atoms with van der Waals surface area (Å²) in [6, 6.07) is 34.0. The monoisotopic (exact) mass is 650 g/mol. The summed E-state index contributed by atoms with van der Waals surface area (Å²) >= 11 is 4.73.